The summed E-state index contributed by atoms with van der Waals surface area (Å²) in [5.41, 5.74) is 3.50. The number of aromatic nitrogens is 2. The van der Waals surface area contributed by atoms with Crippen LogP contribution in [0.3, 0.4) is 0 Å². The number of hydrogen-bond acceptors (Lipinski definition) is 6. The number of rotatable bonds is 6. The molecule has 1 aliphatic rings. The van der Waals surface area contributed by atoms with E-state index in [0.29, 0.717) is 48.9 Å². The Bertz CT molecular complexity index is 1360. The zero-order valence-electron chi connectivity index (χ0n) is 20.3. The van der Waals surface area contributed by atoms with Crippen molar-refractivity contribution in [2.45, 2.75) is 0 Å². The van der Waals surface area contributed by atoms with Crippen molar-refractivity contribution < 1.29 is 19.4 Å². The van der Waals surface area contributed by atoms with Gasteiger partial charge < -0.3 is 24.4 Å². The first-order valence-electron chi connectivity index (χ1n) is 11.8. The van der Waals surface area contributed by atoms with Crippen molar-refractivity contribution in [2.24, 2.45) is 0 Å². The van der Waals surface area contributed by atoms with Crippen molar-refractivity contribution in [2.75, 3.05) is 45.3 Å². The predicted octanol–water partition coefficient (Wildman–Crippen LogP) is 4.22. The van der Waals surface area contributed by atoms with Crippen molar-refractivity contribution in [3.8, 4) is 34.2 Å². The average molecular weight is 485 g/mol. The topological polar surface area (TPSA) is 80.1 Å². The van der Waals surface area contributed by atoms with Crippen molar-refractivity contribution >= 4 is 11.6 Å². The second kappa shape index (κ2) is 10.0. The number of anilines is 1. The number of benzene rings is 3. The maximum absolute atomic E-state index is 13.8. The molecule has 1 aliphatic heterocycles. The Morgan fingerprint density at radius 2 is 1.56 bits per heavy atom. The minimum absolute atomic E-state index is 0.0844. The summed E-state index contributed by atoms with van der Waals surface area (Å²) < 4.78 is 12.6. The van der Waals surface area contributed by atoms with E-state index in [1.54, 1.807) is 37.2 Å². The normalized spacial score (nSPS) is 13.5. The van der Waals surface area contributed by atoms with Crippen LogP contribution in [0, 0.1) is 0 Å². The molecule has 36 heavy (non-hydrogen) atoms. The molecule has 4 aromatic rings. The van der Waals surface area contributed by atoms with E-state index < -0.39 is 0 Å². The van der Waals surface area contributed by atoms with Gasteiger partial charge >= 0.3 is 0 Å². The monoisotopic (exact) mass is 484 g/mol. The fourth-order valence-corrected chi connectivity index (χ4v) is 4.49. The Morgan fingerprint density at radius 3 is 2.25 bits per heavy atom. The first-order valence-corrected chi connectivity index (χ1v) is 11.8. The highest BCUT2D eigenvalue weighted by atomic mass is 16.5. The molecule has 8 heteroatoms. The number of ether oxygens (including phenoxy) is 2. The summed E-state index contributed by atoms with van der Waals surface area (Å²) >= 11 is 0. The zero-order valence-corrected chi connectivity index (χ0v) is 20.3. The number of carbonyl (C=O) groups is 1. The van der Waals surface area contributed by atoms with E-state index in [0.717, 1.165) is 16.9 Å². The summed E-state index contributed by atoms with van der Waals surface area (Å²) in [5, 5.41) is 15.0. The van der Waals surface area contributed by atoms with Gasteiger partial charge in [0.1, 0.15) is 11.4 Å². The molecular weight excluding hydrogens is 456 g/mol. The van der Waals surface area contributed by atoms with E-state index in [1.807, 2.05) is 65.6 Å². The molecule has 1 N–H and O–H groups in total. The minimum atomic E-state index is -0.0844. The van der Waals surface area contributed by atoms with Gasteiger partial charge in [0.15, 0.2) is 11.5 Å². The van der Waals surface area contributed by atoms with Crippen molar-refractivity contribution in [1.82, 2.24) is 14.7 Å². The molecule has 0 unspecified atom stereocenters. The molecular formula is C28H28N4O4. The fraction of sp³-hybridized carbons (Fsp3) is 0.214. The van der Waals surface area contributed by atoms with Crippen molar-refractivity contribution in [3.05, 3.63) is 84.6 Å². The third kappa shape index (κ3) is 4.45. The number of methoxy groups -OCH3 is 2. The molecule has 0 saturated carbocycles. The van der Waals surface area contributed by atoms with Crippen LogP contribution >= 0.6 is 0 Å². The highest BCUT2D eigenvalue weighted by Crippen LogP contribution is 2.34. The highest BCUT2D eigenvalue weighted by molar-refractivity contribution is 6.00. The van der Waals surface area contributed by atoms with E-state index in [4.69, 9.17) is 14.6 Å². The van der Waals surface area contributed by atoms with Crippen LogP contribution in [0.2, 0.25) is 0 Å². The highest BCUT2D eigenvalue weighted by Gasteiger charge is 2.28. The lowest BCUT2D eigenvalue weighted by Gasteiger charge is -2.36. The molecule has 1 amide bonds. The molecule has 1 saturated heterocycles. The molecule has 0 bridgehead atoms. The largest absolute Gasteiger partial charge is 0.506 e. The summed E-state index contributed by atoms with van der Waals surface area (Å²) in [6.45, 7) is 2.33. The molecule has 184 valence electrons. The maximum atomic E-state index is 13.8. The van der Waals surface area contributed by atoms with Crippen molar-refractivity contribution in [3.63, 3.8) is 0 Å². The molecule has 0 atom stereocenters. The average Bonchev–Trinajstić information content (AvgIpc) is 3.39. The lowest BCUT2D eigenvalue weighted by molar-refractivity contribution is 0.0747. The number of para-hydroxylation sites is 3. The van der Waals surface area contributed by atoms with Gasteiger partial charge in [0.25, 0.3) is 5.91 Å². The van der Waals surface area contributed by atoms with Crippen LogP contribution in [0.1, 0.15) is 10.4 Å². The van der Waals surface area contributed by atoms with Gasteiger partial charge in [0.05, 0.1) is 31.2 Å². The lowest BCUT2D eigenvalue weighted by Crippen LogP contribution is -2.48. The molecule has 1 fully saturated rings. The van der Waals surface area contributed by atoms with E-state index in [1.165, 1.54) is 0 Å². The van der Waals surface area contributed by atoms with Gasteiger partial charge in [-0.2, -0.15) is 5.10 Å². The number of nitrogens with zero attached hydrogens (tertiary/aromatic N) is 4. The number of hydrogen-bond donors (Lipinski definition) is 1. The predicted molar refractivity (Wildman–Crippen MR) is 138 cm³/mol. The third-order valence-electron chi connectivity index (χ3n) is 6.41. The van der Waals surface area contributed by atoms with Crippen LogP contribution in [-0.2, 0) is 0 Å². The van der Waals surface area contributed by atoms with Gasteiger partial charge in [-0.3, -0.25) is 4.79 Å². The molecule has 3 aromatic carbocycles. The van der Waals surface area contributed by atoms with Crippen LogP contribution in [0.4, 0.5) is 5.69 Å². The Hall–Kier alpha value is -4.46. The minimum Gasteiger partial charge on any atom is -0.506 e. The van der Waals surface area contributed by atoms with E-state index in [2.05, 4.69) is 4.90 Å². The zero-order chi connectivity index (χ0) is 25.1. The maximum Gasteiger partial charge on any atom is 0.257 e. The Morgan fingerprint density at radius 1 is 0.861 bits per heavy atom. The van der Waals surface area contributed by atoms with E-state index >= 15 is 0 Å². The molecule has 0 radical (unpaired) electrons. The molecule has 8 nitrogen and oxygen atoms in total. The summed E-state index contributed by atoms with van der Waals surface area (Å²) in [4.78, 5) is 17.7. The second-order valence-corrected chi connectivity index (χ2v) is 8.51. The first kappa shape index (κ1) is 23.3. The summed E-state index contributed by atoms with van der Waals surface area (Å²) in [5.74, 6) is 1.34. The van der Waals surface area contributed by atoms with Crippen LogP contribution in [0.25, 0.3) is 16.9 Å². The number of piperazine rings is 1. The van der Waals surface area contributed by atoms with Gasteiger partial charge in [-0.15, -0.1) is 0 Å². The molecule has 0 aliphatic carbocycles. The molecule has 5 rings (SSSR count). The fourth-order valence-electron chi connectivity index (χ4n) is 4.49. The number of aromatic hydroxyl groups is 1. The van der Waals surface area contributed by atoms with Gasteiger partial charge in [-0.05, 0) is 42.5 Å². The Balaban J connectivity index is 1.46. The van der Waals surface area contributed by atoms with E-state index in [9.17, 15) is 9.90 Å². The second-order valence-electron chi connectivity index (χ2n) is 8.51. The number of carbonyl (C=O) groups excluding carboxylic acids is 1. The van der Waals surface area contributed by atoms with Gasteiger partial charge in [-0.1, -0.05) is 30.3 Å². The summed E-state index contributed by atoms with van der Waals surface area (Å²) in [6, 6.07) is 22.5. The Kier molecular flexibility index (Phi) is 6.49. The van der Waals surface area contributed by atoms with Crippen molar-refractivity contribution in [1.29, 1.82) is 0 Å². The van der Waals surface area contributed by atoms with Crippen LogP contribution in [0.5, 0.6) is 17.2 Å². The van der Waals surface area contributed by atoms with E-state index in [-0.39, 0.29) is 11.7 Å². The summed E-state index contributed by atoms with van der Waals surface area (Å²) in [7, 11) is 3.17. The van der Waals surface area contributed by atoms with Crippen LogP contribution in [-0.4, -0.2) is 66.1 Å². The van der Waals surface area contributed by atoms with Crippen LogP contribution < -0.4 is 14.4 Å². The standard InChI is InChI=1S/C28H28N4O4/c1-35-25-13-12-20(18-26(25)36-2)27-22(19-32(29-27)21-8-4-3-5-9-21)28(34)31-16-14-30(15-17-31)23-10-6-7-11-24(23)33/h3-13,18-19,33H,14-17H2,1-2H3. The lowest BCUT2D eigenvalue weighted by atomic mass is 10.1. The molecule has 1 aromatic heterocycles. The Labute approximate surface area is 209 Å². The molecule has 0 spiro atoms. The summed E-state index contributed by atoms with van der Waals surface area (Å²) in [6.07, 6.45) is 1.79. The quantitative estimate of drug-likeness (QED) is 0.441. The van der Waals surface area contributed by atoms with Gasteiger partial charge in [0.2, 0.25) is 0 Å². The van der Waals surface area contributed by atoms with Gasteiger partial charge in [0, 0.05) is 37.9 Å². The smallest absolute Gasteiger partial charge is 0.257 e. The number of phenols is 1. The molecule has 2 heterocycles. The number of phenolic OH excluding ortho intramolecular Hbond substituents is 1. The van der Waals surface area contributed by atoms with Crippen LogP contribution in [0.15, 0.2) is 79.0 Å². The number of amides is 1. The SMILES string of the molecule is COc1ccc(-c2nn(-c3ccccc3)cc2C(=O)N2CCN(c3ccccc3O)CC2)cc1OC. The first-order chi connectivity index (χ1) is 17.6. The third-order valence-corrected chi connectivity index (χ3v) is 6.41. The van der Waals surface area contributed by atoms with Gasteiger partial charge in [-0.25, -0.2) is 4.68 Å².